The molecule has 0 heterocycles. The third kappa shape index (κ3) is 3.93. The first-order chi connectivity index (χ1) is 9.11. The minimum atomic E-state index is -0.180. The second-order valence-corrected chi connectivity index (χ2v) is 6.55. The van der Waals surface area contributed by atoms with E-state index in [4.69, 9.17) is 11.6 Å². The van der Waals surface area contributed by atoms with Crippen LogP contribution >= 0.6 is 27.5 Å². The molecule has 1 nitrogen and oxygen atoms in total. The van der Waals surface area contributed by atoms with Gasteiger partial charge in [-0.15, -0.1) is 0 Å². The molecule has 0 aliphatic heterocycles. The molecule has 0 amide bonds. The summed E-state index contributed by atoms with van der Waals surface area (Å²) in [4.78, 5) is 0. The average molecular weight is 349 g/mol. The first kappa shape index (κ1) is 15.3. The van der Waals surface area contributed by atoms with Gasteiger partial charge in [0.15, 0.2) is 0 Å². The second kappa shape index (κ2) is 7.05. The van der Waals surface area contributed by atoms with E-state index in [1.807, 2.05) is 0 Å². The maximum Gasteiger partial charge on any atom is 0.129 e. The lowest BCUT2D eigenvalue weighted by atomic mass is 9.93. The fourth-order valence-electron chi connectivity index (χ4n) is 2.95. The summed E-state index contributed by atoms with van der Waals surface area (Å²) in [6, 6.07) is 3.29. The summed E-state index contributed by atoms with van der Waals surface area (Å²) in [6.07, 6.45) is 6.17. The van der Waals surface area contributed by atoms with E-state index in [2.05, 4.69) is 28.2 Å². The third-order valence-corrected chi connectivity index (χ3v) is 5.11. The number of benzene rings is 1. The van der Waals surface area contributed by atoms with Crippen LogP contribution in [0.25, 0.3) is 0 Å². The van der Waals surface area contributed by atoms with Crippen molar-refractivity contribution in [2.45, 2.75) is 45.1 Å². The predicted octanol–water partition coefficient (Wildman–Crippen LogP) is 5.47. The van der Waals surface area contributed by atoms with E-state index in [9.17, 15) is 4.39 Å². The Kier molecular flexibility index (Phi) is 5.67. The molecule has 1 unspecified atom stereocenters. The van der Waals surface area contributed by atoms with Gasteiger partial charge in [-0.1, -0.05) is 44.2 Å². The van der Waals surface area contributed by atoms with Crippen LogP contribution in [0.4, 0.5) is 4.39 Å². The van der Waals surface area contributed by atoms with Crippen LogP contribution in [0.1, 0.15) is 50.6 Å². The van der Waals surface area contributed by atoms with E-state index in [-0.39, 0.29) is 11.9 Å². The van der Waals surface area contributed by atoms with Gasteiger partial charge in [0, 0.05) is 16.1 Å². The van der Waals surface area contributed by atoms with Gasteiger partial charge in [-0.05, 0) is 46.9 Å². The van der Waals surface area contributed by atoms with Gasteiger partial charge in [0.1, 0.15) is 5.82 Å². The monoisotopic (exact) mass is 347 g/mol. The van der Waals surface area contributed by atoms with E-state index in [1.54, 1.807) is 6.07 Å². The maximum atomic E-state index is 14.1. The van der Waals surface area contributed by atoms with Gasteiger partial charge < -0.3 is 5.32 Å². The zero-order chi connectivity index (χ0) is 13.8. The molecule has 1 N–H and O–H groups in total. The first-order valence-corrected chi connectivity index (χ1v) is 8.16. The zero-order valence-electron chi connectivity index (χ0n) is 11.2. The average Bonchev–Trinajstić information content (AvgIpc) is 2.86. The topological polar surface area (TPSA) is 12.0 Å². The molecule has 1 saturated carbocycles. The molecule has 0 saturated heterocycles. The number of hydrogen-bond acceptors (Lipinski definition) is 1. The summed E-state index contributed by atoms with van der Waals surface area (Å²) >= 11 is 9.37. The summed E-state index contributed by atoms with van der Waals surface area (Å²) in [5, 5.41) is 3.97. The Morgan fingerprint density at radius 3 is 2.74 bits per heavy atom. The quantitative estimate of drug-likeness (QED) is 0.695. The van der Waals surface area contributed by atoms with Crippen LogP contribution in [0.3, 0.4) is 0 Å². The smallest absolute Gasteiger partial charge is 0.129 e. The standard InChI is InChI=1S/C15H20BrClFN/c1-2-19-15(7-10-5-3-4-6-10)11-8-13(17)12(16)9-14(11)18/h8-10,15,19H,2-7H2,1H3. The predicted molar refractivity (Wildman–Crippen MR) is 82.1 cm³/mol. The molecule has 1 aromatic carbocycles. The summed E-state index contributed by atoms with van der Waals surface area (Å²) < 4.78 is 14.8. The molecule has 0 radical (unpaired) electrons. The van der Waals surface area contributed by atoms with Gasteiger partial charge in [0.2, 0.25) is 0 Å². The van der Waals surface area contributed by atoms with Crippen molar-refractivity contribution < 1.29 is 4.39 Å². The Balaban J connectivity index is 2.19. The lowest BCUT2D eigenvalue weighted by molar-refractivity contribution is 0.391. The van der Waals surface area contributed by atoms with Crippen LogP contribution in [0.2, 0.25) is 5.02 Å². The van der Waals surface area contributed by atoms with Crippen LogP contribution in [-0.2, 0) is 0 Å². The number of hydrogen-bond donors (Lipinski definition) is 1. The van der Waals surface area contributed by atoms with Gasteiger partial charge in [-0.25, -0.2) is 4.39 Å². The first-order valence-electron chi connectivity index (χ1n) is 6.99. The molecule has 19 heavy (non-hydrogen) atoms. The van der Waals surface area contributed by atoms with E-state index in [0.717, 1.165) is 13.0 Å². The van der Waals surface area contributed by atoms with Crippen LogP contribution in [0.15, 0.2) is 16.6 Å². The summed E-state index contributed by atoms with van der Waals surface area (Å²) in [6.45, 7) is 2.89. The number of rotatable bonds is 5. The van der Waals surface area contributed by atoms with Crippen molar-refractivity contribution in [2.24, 2.45) is 5.92 Å². The van der Waals surface area contributed by atoms with Crippen molar-refractivity contribution >= 4 is 27.5 Å². The minimum absolute atomic E-state index is 0.0682. The van der Waals surface area contributed by atoms with Crippen LogP contribution in [0.5, 0.6) is 0 Å². The Hall–Kier alpha value is -0.120. The van der Waals surface area contributed by atoms with Gasteiger partial charge in [0.25, 0.3) is 0 Å². The molecule has 106 valence electrons. The Morgan fingerprint density at radius 1 is 1.42 bits per heavy atom. The largest absolute Gasteiger partial charge is 0.310 e. The summed E-state index contributed by atoms with van der Waals surface area (Å²) in [5.41, 5.74) is 0.696. The van der Waals surface area contributed by atoms with Crippen molar-refractivity contribution in [1.29, 1.82) is 0 Å². The minimum Gasteiger partial charge on any atom is -0.310 e. The van der Waals surface area contributed by atoms with Crippen molar-refractivity contribution in [1.82, 2.24) is 5.32 Å². The number of nitrogens with one attached hydrogen (secondary N) is 1. The SMILES string of the molecule is CCNC(CC1CCCC1)c1cc(Cl)c(Br)cc1F. The van der Waals surface area contributed by atoms with Gasteiger partial charge in [0.05, 0.1) is 5.02 Å². The van der Waals surface area contributed by atoms with Crippen molar-refractivity contribution in [3.8, 4) is 0 Å². The highest BCUT2D eigenvalue weighted by Crippen LogP contribution is 2.35. The van der Waals surface area contributed by atoms with E-state index in [1.165, 1.54) is 31.7 Å². The Bertz CT molecular complexity index is 432. The molecule has 1 aliphatic rings. The zero-order valence-corrected chi connectivity index (χ0v) is 13.5. The summed E-state index contributed by atoms with van der Waals surface area (Å²) in [5.74, 6) is 0.533. The number of halogens is 3. The fourth-order valence-corrected chi connectivity index (χ4v) is 3.44. The molecule has 0 bridgehead atoms. The molecular formula is C15H20BrClFN. The second-order valence-electron chi connectivity index (χ2n) is 5.28. The van der Waals surface area contributed by atoms with E-state index >= 15 is 0 Å². The highest BCUT2D eigenvalue weighted by atomic mass is 79.9. The maximum absolute atomic E-state index is 14.1. The van der Waals surface area contributed by atoms with Crippen molar-refractivity contribution in [3.05, 3.63) is 33.0 Å². The van der Waals surface area contributed by atoms with E-state index < -0.39 is 0 Å². The molecule has 4 heteroatoms. The fraction of sp³-hybridized carbons (Fsp3) is 0.600. The van der Waals surface area contributed by atoms with E-state index in [0.29, 0.717) is 21.0 Å². The van der Waals surface area contributed by atoms with Crippen LogP contribution in [0, 0.1) is 11.7 Å². The van der Waals surface area contributed by atoms with Gasteiger partial charge in [-0.2, -0.15) is 0 Å². The third-order valence-electron chi connectivity index (χ3n) is 3.91. The summed E-state index contributed by atoms with van der Waals surface area (Å²) in [7, 11) is 0. The highest BCUT2D eigenvalue weighted by Gasteiger charge is 2.23. The van der Waals surface area contributed by atoms with Crippen LogP contribution < -0.4 is 5.32 Å². The molecule has 0 spiro atoms. The molecule has 1 aliphatic carbocycles. The lowest BCUT2D eigenvalue weighted by Gasteiger charge is -2.23. The van der Waals surface area contributed by atoms with Crippen molar-refractivity contribution in [3.63, 3.8) is 0 Å². The molecule has 0 aromatic heterocycles. The molecular weight excluding hydrogens is 329 g/mol. The van der Waals surface area contributed by atoms with Crippen LogP contribution in [-0.4, -0.2) is 6.54 Å². The lowest BCUT2D eigenvalue weighted by Crippen LogP contribution is -2.24. The molecule has 1 atom stereocenters. The normalized spacial score (nSPS) is 17.9. The van der Waals surface area contributed by atoms with Crippen molar-refractivity contribution in [2.75, 3.05) is 6.54 Å². The van der Waals surface area contributed by atoms with Gasteiger partial charge in [-0.3, -0.25) is 0 Å². The molecule has 2 rings (SSSR count). The highest BCUT2D eigenvalue weighted by molar-refractivity contribution is 9.10. The molecule has 1 fully saturated rings. The Morgan fingerprint density at radius 2 is 2.11 bits per heavy atom. The van der Waals surface area contributed by atoms with Gasteiger partial charge >= 0.3 is 0 Å². The molecule has 1 aromatic rings. The Labute approximate surface area is 128 Å².